The molecule has 1 aromatic carbocycles. The molecule has 0 aromatic heterocycles. The molecule has 1 aromatic rings. The number of hydrogen-bond donors (Lipinski definition) is 2. The van der Waals surface area contributed by atoms with Crippen molar-refractivity contribution in [3.8, 4) is 11.5 Å². The Kier molecular flexibility index (Phi) is 7.41. The van der Waals surface area contributed by atoms with Gasteiger partial charge in [-0.1, -0.05) is 6.07 Å². The third-order valence-corrected chi connectivity index (χ3v) is 4.54. The van der Waals surface area contributed by atoms with E-state index in [4.69, 9.17) is 9.47 Å². The van der Waals surface area contributed by atoms with Gasteiger partial charge >= 0.3 is 0 Å². The van der Waals surface area contributed by atoms with Gasteiger partial charge in [0, 0.05) is 26.2 Å². The molecule has 24 heavy (non-hydrogen) atoms. The van der Waals surface area contributed by atoms with Crippen LogP contribution in [-0.2, 0) is 6.42 Å². The van der Waals surface area contributed by atoms with E-state index in [1.165, 1.54) is 24.9 Å². The monoisotopic (exact) mass is 446 g/mol. The largest absolute Gasteiger partial charge is 0.454 e. The fourth-order valence-electron chi connectivity index (χ4n) is 3.09. The summed E-state index contributed by atoms with van der Waals surface area (Å²) in [6.07, 6.45) is 3.47. The van der Waals surface area contributed by atoms with Crippen LogP contribution >= 0.6 is 24.0 Å². The van der Waals surface area contributed by atoms with Crippen LogP contribution in [0.15, 0.2) is 23.2 Å². The van der Waals surface area contributed by atoms with Crippen LogP contribution in [0.25, 0.3) is 0 Å². The summed E-state index contributed by atoms with van der Waals surface area (Å²) < 4.78 is 10.7. The highest BCUT2D eigenvalue weighted by molar-refractivity contribution is 14.0. The summed E-state index contributed by atoms with van der Waals surface area (Å²) in [4.78, 5) is 6.70. The van der Waals surface area contributed by atoms with Crippen molar-refractivity contribution < 1.29 is 9.47 Å². The molecule has 0 aliphatic carbocycles. The Bertz CT molecular complexity index is 568. The minimum absolute atomic E-state index is 0. The van der Waals surface area contributed by atoms with E-state index in [1.807, 2.05) is 19.2 Å². The fourth-order valence-corrected chi connectivity index (χ4v) is 3.09. The molecule has 2 N–H and O–H groups in total. The van der Waals surface area contributed by atoms with Crippen LogP contribution in [0.5, 0.6) is 11.5 Å². The van der Waals surface area contributed by atoms with Gasteiger partial charge in [-0.05, 0) is 50.6 Å². The summed E-state index contributed by atoms with van der Waals surface area (Å²) in [5.41, 5.74) is 1.23. The van der Waals surface area contributed by atoms with Crippen molar-refractivity contribution in [1.82, 2.24) is 15.5 Å². The number of benzene rings is 1. The van der Waals surface area contributed by atoms with Crippen molar-refractivity contribution in [2.45, 2.75) is 25.3 Å². The number of rotatable bonds is 5. The van der Waals surface area contributed by atoms with E-state index in [1.54, 1.807) is 0 Å². The van der Waals surface area contributed by atoms with Gasteiger partial charge in [0.15, 0.2) is 17.5 Å². The lowest BCUT2D eigenvalue weighted by Gasteiger charge is -2.21. The zero-order valence-corrected chi connectivity index (χ0v) is 16.7. The van der Waals surface area contributed by atoms with Crippen molar-refractivity contribution in [2.75, 3.05) is 40.5 Å². The maximum atomic E-state index is 5.41. The average Bonchev–Trinajstić information content (AvgIpc) is 3.19. The lowest BCUT2D eigenvalue weighted by Crippen LogP contribution is -2.44. The van der Waals surface area contributed by atoms with Gasteiger partial charge in [-0.3, -0.25) is 4.99 Å². The fraction of sp³-hybridized carbons (Fsp3) is 0.588. The third kappa shape index (κ3) is 4.89. The number of aliphatic imine (C=N–C) groups is 1. The van der Waals surface area contributed by atoms with Gasteiger partial charge < -0.3 is 25.0 Å². The first-order valence-electron chi connectivity index (χ1n) is 8.29. The number of likely N-dealkylation sites (N-methyl/N-ethyl adjacent to an activating group) is 1. The molecule has 0 bridgehead atoms. The second-order valence-electron chi connectivity index (χ2n) is 6.09. The number of halogens is 1. The summed E-state index contributed by atoms with van der Waals surface area (Å²) in [6.45, 7) is 3.30. The minimum Gasteiger partial charge on any atom is -0.454 e. The Morgan fingerprint density at radius 3 is 2.88 bits per heavy atom. The van der Waals surface area contributed by atoms with E-state index in [9.17, 15) is 0 Å². The molecule has 6 nitrogen and oxygen atoms in total. The molecule has 134 valence electrons. The van der Waals surface area contributed by atoms with Crippen molar-refractivity contribution in [2.24, 2.45) is 4.99 Å². The van der Waals surface area contributed by atoms with Gasteiger partial charge in [-0.25, -0.2) is 0 Å². The zero-order chi connectivity index (χ0) is 16.1. The highest BCUT2D eigenvalue weighted by Crippen LogP contribution is 2.32. The molecule has 7 heteroatoms. The van der Waals surface area contributed by atoms with Crippen LogP contribution in [0.1, 0.15) is 18.4 Å². The Labute approximate surface area is 161 Å². The van der Waals surface area contributed by atoms with Gasteiger partial charge in [0.2, 0.25) is 6.79 Å². The van der Waals surface area contributed by atoms with Crippen molar-refractivity contribution >= 4 is 29.9 Å². The molecule has 1 fully saturated rings. The van der Waals surface area contributed by atoms with Gasteiger partial charge in [0.1, 0.15) is 0 Å². The van der Waals surface area contributed by atoms with Gasteiger partial charge in [-0.2, -0.15) is 0 Å². The molecule has 1 unspecified atom stereocenters. The molecule has 0 radical (unpaired) electrons. The van der Waals surface area contributed by atoms with E-state index in [-0.39, 0.29) is 24.0 Å². The van der Waals surface area contributed by atoms with Crippen molar-refractivity contribution in [3.05, 3.63) is 23.8 Å². The number of guanidine groups is 1. The van der Waals surface area contributed by atoms with E-state index < -0.39 is 0 Å². The average molecular weight is 446 g/mol. The SMILES string of the molecule is CN=C(NCCc1ccc2c(c1)OCO2)NCC1CCCN1C.I. The molecule has 2 aliphatic heterocycles. The minimum atomic E-state index is 0. The Morgan fingerprint density at radius 2 is 2.12 bits per heavy atom. The zero-order valence-electron chi connectivity index (χ0n) is 14.4. The predicted molar refractivity (Wildman–Crippen MR) is 107 cm³/mol. The van der Waals surface area contributed by atoms with Gasteiger partial charge in [-0.15, -0.1) is 24.0 Å². The van der Waals surface area contributed by atoms with Crippen LogP contribution < -0.4 is 20.1 Å². The maximum Gasteiger partial charge on any atom is 0.231 e. The van der Waals surface area contributed by atoms with Crippen LogP contribution in [0.4, 0.5) is 0 Å². The molecule has 3 rings (SSSR count). The summed E-state index contributed by atoms with van der Waals surface area (Å²) in [5.74, 6) is 2.54. The first-order chi connectivity index (χ1) is 11.3. The standard InChI is InChI=1S/C17H26N4O2.HI/c1-18-17(20-11-14-4-3-9-21(14)2)19-8-7-13-5-6-15-16(10-13)23-12-22-15;/h5-6,10,14H,3-4,7-9,11-12H2,1-2H3,(H2,18,19,20);1H. The lowest BCUT2D eigenvalue weighted by molar-refractivity contribution is 0.174. The quantitative estimate of drug-likeness (QED) is 0.411. The summed E-state index contributed by atoms with van der Waals surface area (Å²) in [6, 6.07) is 6.72. The number of nitrogens with one attached hydrogen (secondary N) is 2. The summed E-state index contributed by atoms with van der Waals surface area (Å²) in [7, 11) is 4.00. The normalized spacial score (nSPS) is 19.9. The Morgan fingerprint density at radius 1 is 1.29 bits per heavy atom. The van der Waals surface area contributed by atoms with Crippen molar-refractivity contribution in [3.63, 3.8) is 0 Å². The molecular weight excluding hydrogens is 419 g/mol. The number of hydrogen-bond acceptors (Lipinski definition) is 4. The second kappa shape index (κ2) is 9.31. The van der Waals surface area contributed by atoms with Crippen molar-refractivity contribution in [1.29, 1.82) is 0 Å². The van der Waals surface area contributed by atoms with Gasteiger partial charge in [0.25, 0.3) is 0 Å². The lowest BCUT2D eigenvalue weighted by atomic mass is 10.1. The molecule has 0 amide bonds. The predicted octanol–water partition coefficient (Wildman–Crippen LogP) is 1.83. The molecule has 0 spiro atoms. The number of ether oxygens (including phenoxy) is 2. The maximum absolute atomic E-state index is 5.41. The molecular formula is C17H27IN4O2. The van der Waals surface area contributed by atoms with Crippen LogP contribution in [-0.4, -0.2) is 57.4 Å². The van der Waals surface area contributed by atoms with Crippen LogP contribution in [0.3, 0.4) is 0 Å². The second-order valence-corrected chi connectivity index (χ2v) is 6.09. The topological polar surface area (TPSA) is 58.1 Å². The van der Waals surface area contributed by atoms with E-state index in [2.05, 4.69) is 33.6 Å². The summed E-state index contributed by atoms with van der Waals surface area (Å²) >= 11 is 0. The van der Waals surface area contributed by atoms with E-state index in [0.29, 0.717) is 12.8 Å². The van der Waals surface area contributed by atoms with E-state index >= 15 is 0 Å². The first-order valence-corrected chi connectivity index (χ1v) is 8.29. The Balaban J connectivity index is 0.00000208. The number of likely N-dealkylation sites (tertiary alicyclic amines) is 1. The third-order valence-electron chi connectivity index (χ3n) is 4.54. The molecule has 0 saturated carbocycles. The first kappa shape index (κ1) is 19.1. The highest BCUT2D eigenvalue weighted by atomic mass is 127. The molecule has 2 heterocycles. The molecule has 1 saturated heterocycles. The smallest absolute Gasteiger partial charge is 0.231 e. The number of fused-ring (bicyclic) bond motifs is 1. The highest BCUT2D eigenvalue weighted by Gasteiger charge is 2.20. The van der Waals surface area contributed by atoms with Crippen LogP contribution in [0, 0.1) is 0 Å². The molecule has 2 aliphatic rings. The van der Waals surface area contributed by atoms with Crippen LogP contribution in [0.2, 0.25) is 0 Å². The van der Waals surface area contributed by atoms with Gasteiger partial charge in [0.05, 0.1) is 0 Å². The molecule has 1 atom stereocenters. The summed E-state index contributed by atoms with van der Waals surface area (Å²) in [5, 5.41) is 6.79. The van der Waals surface area contributed by atoms with E-state index in [0.717, 1.165) is 37.0 Å². The number of nitrogens with zero attached hydrogens (tertiary/aromatic N) is 2. The Hall–Kier alpha value is -1.22.